The molecule has 0 radical (unpaired) electrons. The van der Waals surface area contributed by atoms with E-state index in [9.17, 15) is 4.79 Å². The van der Waals surface area contributed by atoms with Crippen LogP contribution in [-0.4, -0.2) is 49.7 Å². The Labute approximate surface area is 116 Å². The average Bonchev–Trinajstić information content (AvgIpc) is 3.06. The number of hydrogen-bond acceptors (Lipinski definition) is 4. The van der Waals surface area contributed by atoms with Crippen LogP contribution in [0, 0.1) is 5.92 Å². The third-order valence-electron chi connectivity index (χ3n) is 4.90. The van der Waals surface area contributed by atoms with Crippen molar-refractivity contribution >= 4 is 5.97 Å². The maximum absolute atomic E-state index is 12.3. The minimum absolute atomic E-state index is 0.0404. The molecule has 1 N–H and O–H groups in total. The molecule has 0 spiro atoms. The van der Waals surface area contributed by atoms with Gasteiger partial charge in [0.2, 0.25) is 0 Å². The van der Waals surface area contributed by atoms with E-state index in [1.807, 2.05) is 14.0 Å². The molecule has 2 atom stereocenters. The van der Waals surface area contributed by atoms with Gasteiger partial charge in [-0.05, 0) is 71.6 Å². The third-order valence-corrected chi connectivity index (χ3v) is 4.90. The van der Waals surface area contributed by atoms with E-state index < -0.39 is 5.54 Å². The van der Waals surface area contributed by atoms with Gasteiger partial charge in [-0.15, -0.1) is 0 Å². The van der Waals surface area contributed by atoms with Crippen molar-refractivity contribution in [2.45, 2.75) is 51.0 Å². The highest BCUT2D eigenvalue weighted by Gasteiger charge is 2.48. The largest absolute Gasteiger partial charge is 0.465 e. The fourth-order valence-electron chi connectivity index (χ4n) is 3.77. The number of carbonyl (C=O) groups is 1. The molecular weight excluding hydrogens is 240 g/mol. The van der Waals surface area contributed by atoms with E-state index in [1.54, 1.807) is 0 Å². The minimum atomic E-state index is -0.421. The summed E-state index contributed by atoms with van der Waals surface area (Å²) in [7, 11) is 1.91. The number of rotatable bonds is 6. The molecule has 1 aliphatic carbocycles. The summed E-state index contributed by atoms with van der Waals surface area (Å²) in [5.41, 5.74) is -0.421. The Balaban J connectivity index is 1.94. The molecule has 0 aromatic heterocycles. The van der Waals surface area contributed by atoms with Crippen LogP contribution in [0.1, 0.15) is 45.4 Å². The quantitative estimate of drug-likeness (QED) is 0.746. The molecule has 110 valence electrons. The van der Waals surface area contributed by atoms with Crippen LogP contribution in [0.4, 0.5) is 0 Å². The van der Waals surface area contributed by atoms with Crippen molar-refractivity contribution in [3.8, 4) is 0 Å². The Hall–Kier alpha value is -0.610. The summed E-state index contributed by atoms with van der Waals surface area (Å²) < 4.78 is 5.31. The molecule has 2 fully saturated rings. The van der Waals surface area contributed by atoms with Crippen LogP contribution in [0.5, 0.6) is 0 Å². The number of likely N-dealkylation sites (tertiary alicyclic amines) is 1. The Kier molecular flexibility index (Phi) is 5.22. The number of likely N-dealkylation sites (N-methyl/N-ethyl adjacent to an activating group) is 1. The predicted molar refractivity (Wildman–Crippen MR) is 76.1 cm³/mol. The maximum Gasteiger partial charge on any atom is 0.326 e. The van der Waals surface area contributed by atoms with E-state index in [4.69, 9.17) is 4.74 Å². The summed E-state index contributed by atoms with van der Waals surface area (Å²) in [4.78, 5) is 14.8. The summed E-state index contributed by atoms with van der Waals surface area (Å²) in [6.07, 6.45) is 6.98. The zero-order valence-corrected chi connectivity index (χ0v) is 12.4. The highest BCUT2D eigenvalue weighted by Crippen LogP contribution is 2.39. The van der Waals surface area contributed by atoms with Crippen molar-refractivity contribution in [3.05, 3.63) is 0 Å². The zero-order chi connectivity index (χ0) is 13.7. The molecule has 2 unspecified atom stereocenters. The van der Waals surface area contributed by atoms with E-state index in [0.29, 0.717) is 12.5 Å². The second-order valence-electron chi connectivity index (χ2n) is 5.87. The van der Waals surface area contributed by atoms with Gasteiger partial charge >= 0.3 is 5.97 Å². The van der Waals surface area contributed by atoms with Crippen LogP contribution in [0.2, 0.25) is 0 Å². The number of nitrogens with one attached hydrogen (secondary N) is 1. The normalized spacial score (nSPS) is 31.8. The van der Waals surface area contributed by atoms with E-state index in [0.717, 1.165) is 32.2 Å². The number of nitrogens with zero attached hydrogens (tertiary/aromatic N) is 1. The molecule has 1 saturated carbocycles. The van der Waals surface area contributed by atoms with E-state index in [1.165, 1.54) is 25.9 Å². The second-order valence-corrected chi connectivity index (χ2v) is 5.87. The summed E-state index contributed by atoms with van der Waals surface area (Å²) in [6, 6.07) is 0. The summed E-state index contributed by atoms with van der Waals surface area (Å²) in [5.74, 6) is 0.388. The molecule has 0 aromatic rings. The lowest BCUT2D eigenvalue weighted by Crippen LogP contribution is -2.54. The molecule has 0 bridgehead atoms. The van der Waals surface area contributed by atoms with Gasteiger partial charge in [-0.1, -0.05) is 6.42 Å². The van der Waals surface area contributed by atoms with Crippen LogP contribution >= 0.6 is 0 Å². The van der Waals surface area contributed by atoms with Crippen molar-refractivity contribution < 1.29 is 9.53 Å². The minimum Gasteiger partial charge on any atom is -0.465 e. The molecule has 0 aromatic carbocycles. The number of ether oxygens (including phenoxy) is 1. The fourth-order valence-corrected chi connectivity index (χ4v) is 3.77. The monoisotopic (exact) mass is 268 g/mol. The smallest absolute Gasteiger partial charge is 0.326 e. The lowest BCUT2D eigenvalue weighted by Gasteiger charge is -2.33. The summed E-state index contributed by atoms with van der Waals surface area (Å²) >= 11 is 0. The van der Waals surface area contributed by atoms with E-state index in [2.05, 4.69) is 10.2 Å². The fraction of sp³-hybridized carbons (Fsp3) is 0.933. The van der Waals surface area contributed by atoms with Gasteiger partial charge in [-0.25, -0.2) is 0 Å². The van der Waals surface area contributed by atoms with E-state index in [-0.39, 0.29) is 5.97 Å². The molecular formula is C15H28N2O2. The van der Waals surface area contributed by atoms with Gasteiger partial charge in [0.15, 0.2) is 0 Å². The molecule has 4 heteroatoms. The predicted octanol–water partition coefficient (Wildman–Crippen LogP) is 1.79. The lowest BCUT2D eigenvalue weighted by molar-refractivity contribution is -0.153. The van der Waals surface area contributed by atoms with Gasteiger partial charge in [0.25, 0.3) is 0 Å². The molecule has 1 heterocycles. The lowest BCUT2D eigenvalue weighted by atomic mass is 9.84. The molecule has 19 heavy (non-hydrogen) atoms. The van der Waals surface area contributed by atoms with Crippen LogP contribution in [-0.2, 0) is 9.53 Å². The molecule has 1 aliphatic heterocycles. The first-order valence-corrected chi connectivity index (χ1v) is 7.81. The average molecular weight is 268 g/mol. The number of hydrogen-bond donors (Lipinski definition) is 1. The van der Waals surface area contributed by atoms with Crippen LogP contribution < -0.4 is 5.32 Å². The van der Waals surface area contributed by atoms with Gasteiger partial charge < -0.3 is 15.0 Å². The standard InChI is InChI=1S/C15H28N2O2/c1-3-19-14(18)15(16-2)9-6-7-13(15)8-12-17-10-4-5-11-17/h13,16H,3-12H2,1-2H3. The first-order valence-electron chi connectivity index (χ1n) is 7.81. The molecule has 2 rings (SSSR count). The molecule has 1 saturated heterocycles. The molecule has 4 nitrogen and oxygen atoms in total. The molecule has 2 aliphatic rings. The summed E-state index contributed by atoms with van der Waals surface area (Å²) in [6.45, 7) is 5.96. The van der Waals surface area contributed by atoms with Crippen LogP contribution in [0.25, 0.3) is 0 Å². The van der Waals surface area contributed by atoms with Gasteiger partial charge in [0.1, 0.15) is 5.54 Å². The van der Waals surface area contributed by atoms with Gasteiger partial charge in [-0.2, -0.15) is 0 Å². The van der Waals surface area contributed by atoms with Crippen molar-refractivity contribution in [3.63, 3.8) is 0 Å². The number of esters is 1. The third kappa shape index (κ3) is 3.11. The maximum atomic E-state index is 12.3. The Bertz CT molecular complexity index is 303. The Morgan fingerprint density at radius 3 is 2.74 bits per heavy atom. The zero-order valence-electron chi connectivity index (χ0n) is 12.4. The van der Waals surface area contributed by atoms with Gasteiger partial charge in [0, 0.05) is 0 Å². The molecule has 0 amide bonds. The van der Waals surface area contributed by atoms with E-state index >= 15 is 0 Å². The van der Waals surface area contributed by atoms with Crippen molar-refractivity contribution in [2.75, 3.05) is 33.3 Å². The van der Waals surface area contributed by atoms with Crippen molar-refractivity contribution in [1.82, 2.24) is 10.2 Å². The first kappa shape index (κ1) is 14.8. The highest BCUT2D eigenvalue weighted by atomic mass is 16.5. The van der Waals surface area contributed by atoms with Gasteiger partial charge in [-0.3, -0.25) is 4.79 Å². The second kappa shape index (κ2) is 6.71. The van der Waals surface area contributed by atoms with Crippen LogP contribution in [0.15, 0.2) is 0 Å². The SMILES string of the molecule is CCOC(=O)C1(NC)CCCC1CCN1CCCC1. The Morgan fingerprint density at radius 1 is 1.37 bits per heavy atom. The first-order chi connectivity index (χ1) is 9.23. The van der Waals surface area contributed by atoms with Crippen molar-refractivity contribution in [1.29, 1.82) is 0 Å². The van der Waals surface area contributed by atoms with Crippen molar-refractivity contribution in [2.24, 2.45) is 5.92 Å². The van der Waals surface area contributed by atoms with Gasteiger partial charge in [0.05, 0.1) is 6.61 Å². The topological polar surface area (TPSA) is 41.6 Å². The summed E-state index contributed by atoms with van der Waals surface area (Å²) in [5, 5.41) is 3.29. The van der Waals surface area contributed by atoms with Crippen LogP contribution in [0.3, 0.4) is 0 Å². The number of carbonyl (C=O) groups excluding carboxylic acids is 1. The highest BCUT2D eigenvalue weighted by molar-refractivity contribution is 5.81. The Morgan fingerprint density at radius 2 is 2.11 bits per heavy atom.